The lowest BCUT2D eigenvalue weighted by Crippen LogP contribution is -2.58. The molecule has 1 aromatic carbocycles. The number of amides is 4. The van der Waals surface area contributed by atoms with E-state index >= 15 is 0 Å². The second-order valence-electron chi connectivity index (χ2n) is 22.0. The van der Waals surface area contributed by atoms with Gasteiger partial charge in [0.05, 0.1) is 135 Å². The zero-order valence-corrected chi connectivity index (χ0v) is 50.5. The lowest BCUT2D eigenvalue weighted by molar-refractivity contribution is -0.144. The zero-order chi connectivity index (χ0) is 59.8. The first-order chi connectivity index (χ1) is 40.5. The number of likely N-dealkylation sites (tertiary alicyclic amines) is 1. The van der Waals surface area contributed by atoms with Crippen LogP contribution in [0.5, 0.6) is 0 Å². The Morgan fingerprint density at radius 1 is 0.810 bits per heavy atom. The molecule has 84 heavy (non-hydrogen) atoms. The van der Waals surface area contributed by atoms with Crippen LogP contribution >= 0.6 is 22.7 Å². The lowest BCUT2D eigenvalue weighted by Gasteiger charge is -2.35. The molecule has 7 heterocycles. The van der Waals surface area contributed by atoms with Gasteiger partial charge in [0.15, 0.2) is 5.01 Å². The van der Waals surface area contributed by atoms with Gasteiger partial charge in [-0.3, -0.25) is 24.2 Å². The summed E-state index contributed by atoms with van der Waals surface area (Å²) >= 11 is 3.06. The molecule has 0 spiro atoms. The molecular formula is C59H77N13O10S2. The summed E-state index contributed by atoms with van der Waals surface area (Å²) in [6.45, 7) is 19.1. The molecule has 0 radical (unpaired) electrons. The fraction of sp³-hybridized carbons (Fsp3) is 0.525. The summed E-state index contributed by atoms with van der Waals surface area (Å²) < 4.78 is 29.9. The third kappa shape index (κ3) is 17.1. The highest BCUT2D eigenvalue weighted by molar-refractivity contribution is 7.18. The highest BCUT2D eigenvalue weighted by Gasteiger charge is 2.45. The van der Waals surface area contributed by atoms with E-state index in [0.29, 0.717) is 84.6 Å². The molecule has 0 bridgehead atoms. The van der Waals surface area contributed by atoms with Crippen molar-refractivity contribution in [2.24, 2.45) is 5.41 Å². The summed E-state index contributed by atoms with van der Waals surface area (Å²) in [6, 6.07) is 15.6. The highest BCUT2D eigenvalue weighted by Crippen LogP contribution is 2.37. The third-order valence-corrected chi connectivity index (χ3v) is 16.3. The van der Waals surface area contributed by atoms with Crippen molar-refractivity contribution in [3.63, 3.8) is 0 Å². The number of rotatable bonds is 29. The third-order valence-electron chi connectivity index (χ3n) is 14.3. The van der Waals surface area contributed by atoms with E-state index in [0.717, 1.165) is 60.0 Å². The molecule has 0 saturated carbocycles. The molecule has 2 saturated heterocycles. The average Bonchev–Trinajstić information content (AvgIpc) is 4.53. The quantitative estimate of drug-likeness (QED) is 0.0397. The fourth-order valence-electron chi connectivity index (χ4n) is 9.76. The lowest BCUT2D eigenvalue weighted by atomic mass is 9.85. The zero-order valence-electron chi connectivity index (χ0n) is 48.9. The summed E-state index contributed by atoms with van der Waals surface area (Å²) in [7, 11) is 0. The van der Waals surface area contributed by atoms with Crippen LogP contribution in [0.4, 0.5) is 10.8 Å². The van der Waals surface area contributed by atoms with Crippen molar-refractivity contribution in [2.75, 3.05) is 109 Å². The molecule has 6 aromatic rings. The van der Waals surface area contributed by atoms with Crippen molar-refractivity contribution < 1.29 is 48.0 Å². The molecule has 4 amide bonds. The van der Waals surface area contributed by atoms with E-state index in [2.05, 4.69) is 61.0 Å². The minimum absolute atomic E-state index is 0.0159. The number of β-amino-alcohol motifs (C(OH)–C–C–N with tert-alkyl or cyclic N) is 1. The number of nitrogens with zero attached hydrogens (tertiary/aromatic N) is 10. The maximum atomic E-state index is 14.1. The number of pyridine rings is 1. The van der Waals surface area contributed by atoms with Crippen molar-refractivity contribution in [3.05, 3.63) is 83.3 Å². The summed E-state index contributed by atoms with van der Waals surface area (Å²) in [4.78, 5) is 69.4. The molecule has 2 fully saturated rings. The van der Waals surface area contributed by atoms with Gasteiger partial charge in [0.25, 0.3) is 0 Å². The number of anilines is 2. The molecule has 4 atom stereocenters. The molecule has 8 rings (SSSR count). The number of carbonyl (C=O) groups excluding carboxylic acids is 4. The summed E-state index contributed by atoms with van der Waals surface area (Å²) in [6.07, 6.45) is 2.85. The number of hydrogen-bond acceptors (Lipinski definition) is 20. The maximum Gasteiger partial charge on any atom is 0.246 e. The Labute approximate surface area is 498 Å². The van der Waals surface area contributed by atoms with Gasteiger partial charge in [-0.15, -0.1) is 21.5 Å². The Hall–Kier alpha value is -7.02. The molecule has 0 aliphatic carbocycles. The van der Waals surface area contributed by atoms with Crippen LogP contribution in [0.3, 0.4) is 0 Å². The number of nitrogens with one attached hydrogen (secondary N) is 3. The van der Waals surface area contributed by atoms with Gasteiger partial charge >= 0.3 is 0 Å². The van der Waals surface area contributed by atoms with Crippen LogP contribution in [0.1, 0.15) is 83.7 Å². The Bertz CT molecular complexity index is 3190. The van der Waals surface area contributed by atoms with Crippen molar-refractivity contribution in [3.8, 4) is 38.5 Å². The molecule has 2 unspecified atom stereocenters. The van der Waals surface area contributed by atoms with Crippen molar-refractivity contribution in [2.45, 2.75) is 98.0 Å². The van der Waals surface area contributed by atoms with Crippen molar-refractivity contribution in [1.82, 2.24) is 50.2 Å². The second kappa shape index (κ2) is 30.2. The van der Waals surface area contributed by atoms with Gasteiger partial charge < -0.3 is 59.4 Å². The SMILES string of the molecule is Cc1ncsc1-c1ccc([C@H](C)NC(=O)[C@@H]2CC(O)CN2C(=O)C(NC(=O)CCOCCOCCOCCOCCOCCC(=O)N2CCN(c3nnc(-c4cnc(-c5ccc6cc(C#N)cnn56)cc4NC(C)C)s3)CC2)C(C)(C)C)cc1. The smallest absolute Gasteiger partial charge is 0.246 e. The van der Waals surface area contributed by atoms with Crippen molar-refractivity contribution >= 4 is 62.6 Å². The monoisotopic (exact) mass is 1190 g/mol. The maximum absolute atomic E-state index is 14.1. The van der Waals surface area contributed by atoms with Crippen LogP contribution in [-0.2, 0) is 42.9 Å². The number of thiazole rings is 1. The van der Waals surface area contributed by atoms with Crippen LogP contribution in [0.2, 0.25) is 0 Å². The van der Waals surface area contributed by atoms with Gasteiger partial charge in [-0.05, 0) is 68.5 Å². The summed E-state index contributed by atoms with van der Waals surface area (Å²) in [5, 5.41) is 44.4. The second-order valence-corrected chi connectivity index (χ2v) is 23.8. The number of carbonyl (C=O) groups is 4. The first kappa shape index (κ1) is 63.0. The van der Waals surface area contributed by atoms with E-state index < -0.39 is 29.5 Å². The number of ether oxygens (including phenoxy) is 5. The van der Waals surface area contributed by atoms with Gasteiger partial charge in [-0.1, -0.05) is 56.4 Å². The number of aliphatic hydroxyl groups excluding tert-OH is 1. The van der Waals surface area contributed by atoms with Gasteiger partial charge in [-0.25, -0.2) is 9.50 Å². The molecule has 450 valence electrons. The number of aryl methyl sites for hydroxylation is 1. The number of benzene rings is 1. The van der Waals surface area contributed by atoms with E-state index in [9.17, 15) is 29.5 Å². The molecule has 2 aliphatic heterocycles. The number of fused-ring (bicyclic) bond motifs is 1. The Balaban J connectivity index is 0.632. The van der Waals surface area contributed by atoms with E-state index in [4.69, 9.17) is 28.7 Å². The van der Waals surface area contributed by atoms with Crippen LogP contribution in [0.15, 0.2) is 66.4 Å². The number of nitriles is 1. The molecule has 23 nitrogen and oxygen atoms in total. The van der Waals surface area contributed by atoms with Crippen LogP contribution < -0.4 is 20.9 Å². The van der Waals surface area contributed by atoms with E-state index in [1.54, 1.807) is 34.3 Å². The minimum Gasteiger partial charge on any atom is -0.391 e. The number of aromatic nitrogens is 6. The van der Waals surface area contributed by atoms with Gasteiger partial charge in [0, 0.05) is 63.5 Å². The van der Waals surface area contributed by atoms with E-state index in [-0.39, 0.29) is 68.8 Å². The highest BCUT2D eigenvalue weighted by atomic mass is 32.1. The first-order valence-corrected chi connectivity index (χ1v) is 30.2. The van der Waals surface area contributed by atoms with Crippen molar-refractivity contribution in [1.29, 1.82) is 5.26 Å². The van der Waals surface area contributed by atoms with Crippen LogP contribution in [-0.4, -0.2) is 191 Å². The normalized spacial score (nSPS) is 16.3. The average molecular weight is 1190 g/mol. The molecular weight excluding hydrogens is 1110 g/mol. The molecule has 2 aliphatic rings. The molecule has 25 heteroatoms. The number of hydrogen-bond donors (Lipinski definition) is 4. The minimum atomic E-state index is -0.945. The van der Waals surface area contributed by atoms with E-state index in [1.165, 1.54) is 16.2 Å². The Kier molecular flexibility index (Phi) is 22.6. The predicted octanol–water partition coefficient (Wildman–Crippen LogP) is 5.92. The molecule has 5 aromatic heterocycles. The Morgan fingerprint density at radius 2 is 1.46 bits per heavy atom. The largest absolute Gasteiger partial charge is 0.391 e. The Morgan fingerprint density at radius 3 is 2.08 bits per heavy atom. The summed E-state index contributed by atoms with van der Waals surface area (Å²) in [5.74, 6) is -1.13. The predicted molar refractivity (Wildman–Crippen MR) is 319 cm³/mol. The van der Waals surface area contributed by atoms with Gasteiger partial charge in [0.2, 0.25) is 28.8 Å². The topological polar surface area (TPSA) is 273 Å². The van der Waals surface area contributed by atoms with Gasteiger partial charge in [0.1, 0.15) is 18.2 Å². The van der Waals surface area contributed by atoms with Gasteiger partial charge in [-0.2, -0.15) is 10.4 Å². The number of piperazine rings is 1. The van der Waals surface area contributed by atoms with Crippen LogP contribution in [0.25, 0.3) is 37.9 Å². The molecule has 4 N–H and O–H groups in total. The van der Waals surface area contributed by atoms with Crippen LogP contribution in [0, 0.1) is 23.7 Å². The summed E-state index contributed by atoms with van der Waals surface area (Å²) in [5.41, 5.74) is 8.56. The number of aliphatic hydroxyl groups is 1. The fourth-order valence-corrected chi connectivity index (χ4v) is 11.5. The standard InChI is InChI=1S/C59H77N13O10S2/c1-38(2)64-47-32-48(49-13-12-44-30-41(33-60)34-63-72(44)49)61-35-46(47)56-67-68-58(84-56)70-18-16-69(17-19-70)52(75)15-21-79-23-25-81-27-29-82-28-26-80-24-22-78-20-14-51(74)66-54(59(5,6)7)57(77)71-36-45(73)31-50(71)55(76)65-39(3)42-8-10-43(11-9-42)53-40(4)62-37-83-53/h8-13,30,32,34-35,37-39,45,50,54,73H,14-29,31,36H2,1-7H3,(H,61,64)(H,65,76)(H,66,74)/t39-,45?,50-,54?/m0/s1. The first-order valence-electron chi connectivity index (χ1n) is 28.5. The van der Waals surface area contributed by atoms with E-state index in [1.807, 2.05) is 87.5 Å².